The number of piperidine rings is 1. The normalized spacial score (nSPS) is 15.4. The van der Waals surface area contributed by atoms with Crippen molar-refractivity contribution in [2.75, 3.05) is 24.6 Å². The van der Waals surface area contributed by atoms with Crippen LogP contribution in [0.15, 0.2) is 0 Å². The van der Waals surface area contributed by atoms with Crippen LogP contribution in [0.1, 0.15) is 26.2 Å². The van der Waals surface area contributed by atoms with E-state index in [2.05, 4.69) is 26.1 Å². The summed E-state index contributed by atoms with van der Waals surface area (Å²) in [5.74, 6) is 5.59. The van der Waals surface area contributed by atoms with E-state index in [1.807, 2.05) is 0 Å². The first-order chi connectivity index (χ1) is 7.90. The van der Waals surface area contributed by atoms with Crippen molar-refractivity contribution in [1.82, 2.24) is 9.36 Å². The van der Waals surface area contributed by atoms with Crippen molar-refractivity contribution in [2.24, 2.45) is 0 Å². The topological polar surface area (TPSA) is 38.2 Å². The molecule has 1 aromatic heterocycles. The van der Waals surface area contributed by atoms with Gasteiger partial charge < -0.3 is 9.64 Å². The molecule has 86 valence electrons. The molecule has 0 N–H and O–H groups in total. The summed E-state index contributed by atoms with van der Waals surface area (Å²) >= 11 is 1.41. The van der Waals surface area contributed by atoms with Gasteiger partial charge in [-0.1, -0.05) is 5.92 Å². The van der Waals surface area contributed by atoms with Gasteiger partial charge in [0.1, 0.15) is 0 Å². The van der Waals surface area contributed by atoms with Crippen LogP contribution in [0.5, 0.6) is 6.01 Å². The van der Waals surface area contributed by atoms with Gasteiger partial charge in [-0.3, -0.25) is 0 Å². The molecule has 1 saturated heterocycles. The lowest BCUT2D eigenvalue weighted by Crippen LogP contribution is -2.29. The molecule has 0 unspecified atom stereocenters. The highest BCUT2D eigenvalue weighted by Crippen LogP contribution is 2.23. The van der Waals surface area contributed by atoms with E-state index < -0.39 is 0 Å². The molecule has 1 aliphatic rings. The second-order valence-corrected chi connectivity index (χ2v) is 4.35. The van der Waals surface area contributed by atoms with Crippen LogP contribution in [0.3, 0.4) is 0 Å². The Bertz CT molecular complexity index is 387. The van der Waals surface area contributed by atoms with Gasteiger partial charge in [-0.2, -0.15) is 4.98 Å². The number of aromatic nitrogens is 2. The highest BCUT2D eigenvalue weighted by atomic mass is 32.1. The summed E-state index contributed by atoms with van der Waals surface area (Å²) in [6, 6.07) is 0.452. The van der Waals surface area contributed by atoms with Crippen molar-refractivity contribution in [2.45, 2.75) is 26.2 Å². The van der Waals surface area contributed by atoms with Crippen LogP contribution in [0, 0.1) is 11.8 Å². The maximum absolute atomic E-state index is 5.31. The molecule has 0 radical (unpaired) electrons. The second-order valence-electron chi connectivity index (χ2n) is 3.62. The van der Waals surface area contributed by atoms with Gasteiger partial charge in [-0.05, 0) is 26.2 Å². The van der Waals surface area contributed by atoms with Gasteiger partial charge in [0.2, 0.25) is 5.13 Å². The Morgan fingerprint density at radius 2 is 2.19 bits per heavy atom. The van der Waals surface area contributed by atoms with Crippen molar-refractivity contribution in [3.63, 3.8) is 0 Å². The van der Waals surface area contributed by atoms with E-state index in [0.717, 1.165) is 18.2 Å². The zero-order valence-corrected chi connectivity index (χ0v) is 10.2. The smallest absolute Gasteiger partial charge is 0.331 e. The largest absolute Gasteiger partial charge is 0.450 e. The van der Waals surface area contributed by atoms with Crippen LogP contribution in [-0.2, 0) is 0 Å². The Balaban J connectivity index is 1.92. The molecular formula is C11H15N3OS. The number of nitrogens with zero attached hydrogens (tertiary/aromatic N) is 3. The van der Waals surface area contributed by atoms with Crippen molar-refractivity contribution in [3.05, 3.63) is 0 Å². The summed E-state index contributed by atoms with van der Waals surface area (Å²) in [5.41, 5.74) is 0. The number of rotatable bonds is 3. The summed E-state index contributed by atoms with van der Waals surface area (Å²) < 4.78 is 9.47. The van der Waals surface area contributed by atoms with E-state index in [4.69, 9.17) is 4.74 Å². The highest BCUT2D eigenvalue weighted by Gasteiger charge is 2.15. The minimum absolute atomic E-state index is 0.368. The predicted molar refractivity (Wildman–Crippen MR) is 64.9 cm³/mol. The van der Waals surface area contributed by atoms with Gasteiger partial charge in [0.25, 0.3) is 0 Å². The van der Waals surface area contributed by atoms with Crippen LogP contribution in [-0.4, -0.2) is 29.1 Å². The summed E-state index contributed by atoms with van der Waals surface area (Å²) in [4.78, 5) is 6.63. The Labute approximate surface area is 99.8 Å². The second kappa shape index (κ2) is 5.71. The quantitative estimate of drug-likeness (QED) is 0.753. The summed E-state index contributed by atoms with van der Waals surface area (Å²) in [7, 11) is 0. The molecule has 0 aromatic carbocycles. The Morgan fingerprint density at radius 3 is 2.94 bits per heavy atom. The average molecular weight is 237 g/mol. The molecule has 4 nitrogen and oxygen atoms in total. The molecule has 2 heterocycles. The van der Waals surface area contributed by atoms with Crippen molar-refractivity contribution < 1.29 is 4.74 Å². The predicted octanol–water partition coefficient (Wildman–Crippen LogP) is 1.93. The summed E-state index contributed by atoms with van der Waals surface area (Å²) in [6.45, 7) is 4.33. The number of anilines is 1. The first kappa shape index (κ1) is 11.2. The van der Waals surface area contributed by atoms with Crippen LogP contribution >= 0.6 is 11.5 Å². The van der Waals surface area contributed by atoms with Crippen molar-refractivity contribution >= 4 is 16.7 Å². The minimum Gasteiger partial charge on any atom is -0.450 e. The van der Waals surface area contributed by atoms with Gasteiger partial charge in [-0.15, -0.1) is 10.3 Å². The van der Waals surface area contributed by atoms with Gasteiger partial charge >= 0.3 is 6.01 Å². The Morgan fingerprint density at radius 1 is 1.38 bits per heavy atom. The summed E-state index contributed by atoms with van der Waals surface area (Å²) in [6.07, 6.45) is 3.82. The van der Waals surface area contributed by atoms with E-state index >= 15 is 0 Å². The van der Waals surface area contributed by atoms with Gasteiger partial charge in [0.15, 0.2) is 6.61 Å². The van der Waals surface area contributed by atoms with Gasteiger partial charge in [0, 0.05) is 24.6 Å². The molecule has 0 spiro atoms. The van der Waals surface area contributed by atoms with Crippen LogP contribution < -0.4 is 9.64 Å². The maximum atomic E-state index is 5.31. The van der Waals surface area contributed by atoms with Crippen LogP contribution in [0.2, 0.25) is 0 Å². The number of ether oxygens (including phenoxy) is 1. The summed E-state index contributed by atoms with van der Waals surface area (Å²) in [5, 5.41) is 0.971. The number of hydrogen-bond donors (Lipinski definition) is 0. The minimum atomic E-state index is 0.368. The lowest BCUT2D eigenvalue weighted by Gasteiger charge is -2.25. The van der Waals surface area contributed by atoms with E-state index in [-0.39, 0.29) is 0 Å². The fourth-order valence-corrected chi connectivity index (χ4v) is 2.32. The van der Waals surface area contributed by atoms with Crippen molar-refractivity contribution in [3.8, 4) is 17.9 Å². The Kier molecular flexibility index (Phi) is 4.00. The van der Waals surface area contributed by atoms with Gasteiger partial charge in [-0.25, -0.2) is 0 Å². The van der Waals surface area contributed by atoms with E-state index in [0.29, 0.717) is 12.6 Å². The zero-order chi connectivity index (χ0) is 11.2. The molecule has 5 heteroatoms. The highest BCUT2D eigenvalue weighted by molar-refractivity contribution is 7.09. The molecule has 0 atom stereocenters. The zero-order valence-electron chi connectivity index (χ0n) is 9.40. The first-order valence-corrected chi connectivity index (χ1v) is 6.28. The molecule has 0 aliphatic carbocycles. The van der Waals surface area contributed by atoms with Crippen LogP contribution in [0.25, 0.3) is 0 Å². The Hall–Kier alpha value is -1.28. The van der Waals surface area contributed by atoms with Crippen molar-refractivity contribution in [1.29, 1.82) is 0 Å². The molecular weight excluding hydrogens is 222 g/mol. The standard InChI is InChI=1S/C11H15N3OS/c1-2-3-9-15-10-12-11(16-13-10)14-7-5-4-6-8-14/h4-9H2,1H3. The fraction of sp³-hybridized carbons (Fsp3) is 0.636. The first-order valence-electron chi connectivity index (χ1n) is 5.51. The van der Waals surface area contributed by atoms with Crippen LogP contribution in [0.4, 0.5) is 5.13 Å². The molecule has 1 fully saturated rings. The molecule has 2 rings (SSSR count). The van der Waals surface area contributed by atoms with E-state index in [1.54, 1.807) is 6.92 Å². The van der Waals surface area contributed by atoms with Gasteiger partial charge in [0.05, 0.1) is 0 Å². The molecule has 0 bridgehead atoms. The van der Waals surface area contributed by atoms with E-state index in [1.165, 1.54) is 30.8 Å². The SMILES string of the molecule is CC#CCOc1nsc(N2CCCCC2)n1. The fourth-order valence-electron chi connectivity index (χ4n) is 1.65. The third-order valence-corrected chi connectivity index (χ3v) is 3.23. The monoisotopic (exact) mass is 237 g/mol. The molecule has 1 aromatic rings. The lowest BCUT2D eigenvalue weighted by molar-refractivity contribution is 0.344. The lowest BCUT2D eigenvalue weighted by atomic mass is 10.1. The maximum Gasteiger partial charge on any atom is 0.331 e. The molecule has 1 aliphatic heterocycles. The molecule has 16 heavy (non-hydrogen) atoms. The average Bonchev–Trinajstić information content (AvgIpc) is 2.79. The van der Waals surface area contributed by atoms with E-state index in [9.17, 15) is 0 Å². The third-order valence-electron chi connectivity index (χ3n) is 2.47. The third kappa shape index (κ3) is 2.86. The molecule has 0 amide bonds. The molecule has 0 saturated carbocycles. The number of hydrogen-bond acceptors (Lipinski definition) is 5.